The van der Waals surface area contributed by atoms with E-state index in [0.717, 1.165) is 11.3 Å². The molecule has 0 aromatic carbocycles. The number of aryl methyl sites for hydroxylation is 1. The quantitative estimate of drug-likeness (QED) is 0.802. The van der Waals surface area contributed by atoms with Crippen LogP contribution in [0.4, 0.5) is 0 Å². The lowest BCUT2D eigenvalue weighted by molar-refractivity contribution is 0.0661. The molecule has 0 aliphatic heterocycles. The summed E-state index contributed by atoms with van der Waals surface area (Å²) >= 11 is 1.67. The molecule has 1 unspecified atom stereocenters. The molecule has 0 saturated heterocycles. The van der Waals surface area contributed by atoms with Gasteiger partial charge in [0, 0.05) is 17.9 Å². The molecule has 16 heavy (non-hydrogen) atoms. The van der Waals surface area contributed by atoms with Crippen molar-refractivity contribution in [2.45, 2.75) is 19.6 Å². The van der Waals surface area contributed by atoms with Crippen LogP contribution in [0.1, 0.15) is 28.8 Å². The first-order valence-electron chi connectivity index (χ1n) is 5.05. The summed E-state index contributed by atoms with van der Waals surface area (Å²) in [6.45, 7) is 3.91. The largest absolute Gasteiger partial charge is 0.475 e. The molecule has 2 N–H and O–H groups in total. The lowest BCUT2D eigenvalue weighted by Gasteiger charge is -2.05. The Kier molecular flexibility index (Phi) is 4.89. The second-order valence-electron chi connectivity index (χ2n) is 3.80. The van der Waals surface area contributed by atoms with Gasteiger partial charge in [0.1, 0.15) is 5.76 Å². The topological polar surface area (TPSA) is 70.7 Å². The predicted octanol–water partition coefficient (Wildman–Crippen LogP) is 2.15. The minimum Gasteiger partial charge on any atom is -0.475 e. The summed E-state index contributed by atoms with van der Waals surface area (Å²) in [6, 6.07) is 1.56. The van der Waals surface area contributed by atoms with Crippen molar-refractivity contribution in [1.29, 1.82) is 0 Å². The van der Waals surface area contributed by atoms with Gasteiger partial charge in [-0.05, 0) is 24.7 Å². The Morgan fingerprint density at radius 1 is 1.62 bits per heavy atom. The van der Waals surface area contributed by atoms with Crippen LogP contribution in [-0.2, 0) is 5.75 Å². The first-order chi connectivity index (χ1) is 7.54. The van der Waals surface area contributed by atoms with Crippen LogP contribution in [0.5, 0.6) is 0 Å². The Bertz CT molecular complexity index is 359. The third-order valence-electron chi connectivity index (χ3n) is 2.20. The standard InChI is InChI=1S/C11H16O4S/c1-7(4-12)5-16-6-9-3-10(11(13)14)15-8(9)2/h3,7,12H,4-6H2,1-2H3,(H,13,14). The highest BCUT2D eigenvalue weighted by atomic mass is 32.2. The molecular formula is C11H16O4S. The summed E-state index contributed by atoms with van der Waals surface area (Å²) in [7, 11) is 0. The van der Waals surface area contributed by atoms with Gasteiger partial charge in [0.25, 0.3) is 0 Å². The third kappa shape index (κ3) is 3.57. The summed E-state index contributed by atoms with van der Waals surface area (Å²) in [4.78, 5) is 10.7. The van der Waals surface area contributed by atoms with E-state index in [-0.39, 0.29) is 18.3 Å². The second kappa shape index (κ2) is 5.96. The van der Waals surface area contributed by atoms with Crippen molar-refractivity contribution >= 4 is 17.7 Å². The molecule has 0 spiro atoms. The number of rotatable bonds is 6. The van der Waals surface area contributed by atoms with Gasteiger partial charge in [-0.1, -0.05) is 6.92 Å². The number of carboxylic acids is 1. The van der Waals surface area contributed by atoms with Crippen LogP contribution >= 0.6 is 11.8 Å². The lowest BCUT2D eigenvalue weighted by Crippen LogP contribution is -2.03. The smallest absolute Gasteiger partial charge is 0.371 e. The number of aliphatic hydroxyl groups is 1. The highest BCUT2D eigenvalue weighted by Crippen LogP contribution is 2.21. The van der Waals surface area contributed by atoms with Gasteiger partial charge in [0.2, 0.25) is 5.76 Å². The predicted molar refractivity (Wildman–Crippen MR) is 62.8 cm³/mol. The molecule has 1 rings (SSSR count). The van der Waals surface area contributed by atoms with Gasteiger partial charge in [0.05, 0.1) is 0 Å². The Morgan fingerprint density at radius 2 is 2.31 bits per heavy atom. The summed E-state index contributed by atoms with van der Waals surface area (Å²) in [5.41, 5.74) is 0.910. The fraction of sp³-hybridized carbons (Fsp3) is 0.545. The van der Waals surface area contributed by atoms with Crippen LogP contribution in [-0.4, -0.2) is 28.5 Å². The number of hydrogen-bond donors (Lipinski definition) is 2. The van der Waals surface area contributed by atoms with Crippen LogP contribution < -0.4 is 0 Å². The van der Waals surface area contributed by atoms with E-state index in [1.54, 1.807) is 24.8 Å². The molecule has 0 amide bonds. The molecule has 90 valence electrons. The van der Waals surface area contributed by atoms with E-state index in [4.69, 9.17) is 14.6 Å². The first-order valence-corrected chi connectivity index (χ1v) is 6.21. The van der Waals surface area contributed by atoms with E-state index in [2.05, 4.69) is 0 Å². The van der Waals surface area contributed by atoms with E-state index in [0.29, 0.717) is 11.5 Å². The van der Waals surface area contributed by atoms with Crippen molar-refractivity contribution in [3.05, 3.63) is 23.2 Å². The minimum absolute atomic E-state index is 0.0108. The maximum Gasteiger partial charge on any atom is 0.371 e. The molecule has 0 bridgehead atoms. The summed E-state index contributed by atoms with van der Waals surface area (Å²) in [6.07, 6.45) is 0. The number of carboxylic acid groups (broad SMARTS) is 1. The maximum atomic E-state index is 10.7. The monoisotopic (exact) mass is 244 g/mol. The van der Waals surface area contributed by atoms with E-state index in [1.807, 2.05) is 6.92 Å². The molecule has 0 fully saturated rings. The van der Waals surface area contributed by atoms with E-state index in [1.165, 1.54) is 0 Å². The number of aliphatic hydroxyl groups excluding tert-OH is 1. The number of carbonyl (C=O) groups is 1. The molecule has 1 aromatic heterocycles. The fourth-order valence-corrected chi connectivity index (χ4v) is 2.32. The van der Waals surface area contributed by atoms with Crippen LogP contribution in [0.25, 0.3) is 0 Å². The van der Waals surface area contributed by atoms with Gasteiger partial charge < -0.3 is 14.6 Å². The van der Waals surface area contributed by atoms with Crippen LogP contribution in [0, 0.1) is 12.8 Å². The molecule has 1 heterocycles. The molecule has 1 atom stereocenters. The van der Waals surface area contributed by atoms with Crippen molar-refractivity contribution in [3.8, 4) is 0 Å². The number of hydrogen-bond acceptors (Lipinski definition) is 4. The molecule has 0 radical (unpaired) electrons. The SMILES string of the molecule is Cc1oc(C(=O)O)cc1CSCC(C)CO. The highest BCUT2D eigenvalue weighted by molar-refractivity contribution is 7.98. The second-order valence-corrected chi connectivity index (χ2v) is 4.83. The number of furan rings is 1. The number of thioether (sulfide) groups is 1. The molecule has 0 aliphatic rings. The van der Waals surface area contributed by atoms with Crippen molar-refractivity contribution in [2.24, 2.45) is 5.92 Å². The Labute approximate surface area is 98.7 Å². The van der Waals surface area contributed by atoms with Crippen molar-refractivity contribution in [1.82, 2.24) is 0 Å². The molecule has 0 saturated carbocycles. The summed E-state index contributed by atoms with van der Waals surface area (Å²) in [5, 5.41) is 17.6. The van der Waals surface area contributed by atoms with Crippen LogP contribution in [0.2, 0.25) is 0 Å². The van der Waals surface area contributed by atoms with Gasteiger partial charge in [-0.2, -0.15) is 11.8 Å². The van der Waals surface area contributed by atoms with Crippen LogP contribution in [0.3, 0.4) is 0 Å². The van der Waals surface area contributed by atoms with E-state index in [9.17, 15) is 4.79 Å². The molecule has 1 aromatic rings. The van der Waals surface area contributed by atoms with Gasteiger partial charge in [-0.3, -0.25) is 0 Å². The van der Waals surface area contributed by atoms with E-state index < -0.39 is 5.97 Å². The van der Waals surface area contributed by atoms with Crippen LogP contribution in [0.15, 0.2) is 10.5 Å². The average Bonchev–Trinajstić information content (AvgIpc) is 2.60. The highest BCUT2D eigenvalue weighted by Gasteiger charge is 2.13. The lowest BCUT2D eigenvalue weighted by atomic mass is 10.2. The minimum atomic E-state index is -1.04. The van der Waals surface area contributed by atoms with Gasteiger partial charge >= 0.3 is 5.97 Å². The van der Waals surface area contributed by atoms with Gasteiger partial charge in [-0.15, -0.1) is 0 Å². The summed E-state index contributed by atoms with van der Waals surface area (Å²) < 4.78 is 5.10. The van der Waals surface area contributed by atoms with Crippen molar-refractivity contribution in [3.63, 3.8) is 0 Å². The Morgan fingerprint density at radius 3 is 2.81 bits per heavy atom. The average molecular weight is 244 g/mol. The number of aromatic carboxylic acids is 1. The third-order valence-corrected chi connectivity index (χ3v) is 3.52. The fourth-order valence-electron chi connectivity index (χ4n) is 1.19. The molecule has 5 heteroatoms. The van der Waals surface area contributed by atoms with Crippen molar-refractivity contribution in [2.75, 3.05) is 12.4 Å². The van der Waals surface area contributed by atoms with Crippen molar-refractivity contribution < 1.29 is 19.4 Å². The van der Waals surface area contributed by atoms with E-state index >= 15 is 0 Å². The zero-order valence-corrected chi connectivity index (χ0v) is 10.2. The first kappa shape index (κ1) is 13.1. The molecular weight excluding hydrogens is 228 g/mol. The normalized spacial score (nSPS) is 12.7. The van der Waals surface area contributed by atoms with Gasteiger partial charge in [-0.25, -0.2) is 4.79 Å². The Balaban J connectivity index is 2.51. The summed E-state index contributed by atoms with van der Waals surface area (Å²) in [5.74, 6) is 1.43. The molecule has 0 aliphatic carbocycles. The maximum absolute atomic E-state index is 10.7. The zero-order chi connectivity index (χ0) is 12.1. The molecule has 4 nitrogen and oxygen atoms in total. The van der Waals surface area contributed by atoms with Gasteiger partial charge in [0.15, 0.2) is 0 Å². The Hall–Kier alpha value is -0.940. The zero-order valence-electron chi connectivity index (χ0n) is 9.40.